The molecule has 0 radical (unpaired) electrons. The van der Waals surface area contributed by atoms with Crippen LogP contribution in [0, 0.1) is 4.91 Å². The predicted molar refractivity (Wildman–Crippen MR) is 99.8 cm³/mol. The maximum atomic E-state index is 11.7. The molecule has 0 bridgehead atoms. The van der Waals surface area contributed by atoms with E-state index in [1.54, 1.807) is 0 Å². The molecule has 0 aliphatic heterocycles. The summed E-state index contributed by atoms with van der Waals surface area (Å²) in [6, 6.07) is 0. The highest BCUT2D eigenvalue weighted by atomic mass is 16.7. The third kappa shape index (κ3) is 18.7. The Morgan fingerprint density at radius 2 is 1.28 bits per heavy atom. The van der Waals surface area contributed by atoms with Crippen molar-refractivity contribution >= 4 is 11.9 Å². The summed E-state index contributed by atoms with van der Waals surface area (Å²) < 4.78 is 0. The van der Waals surface area contributed by atoms with Crippen molar-refractivity contribution in [2.45, 2.75) is 103 Å². The topological polar surface area (TPSA) is 84.8 Å². The number of unbranched alkanes of at least 4 members (excludes halogenated alkanes) is 11. The van der Waals surface area contributed by atoms with Crippen molar-refractivity contribution in [3.63, 3.8) is 0 Å². The lowest BCUT2D eigenvalue weighted by Gasteiger charge is -2.05. The zero-order valence-corrected chi connectivity index (χ0v) is 15.9. The van der Waals surface area contributed by atoms with Gasteiger partial charge in [0, 0.05) is 19.4 Å². The van der Waals surface area contributed by atoms with Crippen LogP contribution in [0.15, 0.2) is 5.34 Å². The highest BCUT2D eigenvalue weighted by Gasteiger charge is 2.03. The van der Waals surface area contributed by atoms with Crippen LogP contribution < -0.4 is 5.32 Å². The first kappa shape index (κ1) is 23.5. The molecule has 146 valence electrons. The second-order valence-electron chi connectivity index (χ2n) is 6.63. The molecule has 1 amide bonds. The first-order valence-electron chi connectivity index (χ1n) is 10.00. The Balaban J connectivity index is 3.23. The minimum Gasteiger partial charge on any atom is -0.356 e. The average molecular weight is 357 g/mol. The molecule has 0 aromatic heterocycles. The van der Waals surface area contributed by atoms with Crippen molar-refractivity contribution in [2.24, 2.45) is 5.34 Å². The number of carbonyl (C=O) groups excluding carboxylic acids is 2. The van der Waals surface area contributed by atoms with Crippen LogP contribution in [0.3, 0.4) is 0 Å². The van der Waals surface area contributed by atoms with E-state index in [1.165, 1.54) is 44.9 Å². The van der Waals surface area contributed by atoms with Crippen LogP contribution in [-0.4, -0.2) is 18.4 Å². The van der Waals surface area contributed by atoms with E-state index in [0.29, 0.717) is 19.4 Å². The van der Waals surface area contributed by atoms with Gasteiger partial charge in [-0.05, 0) is 19.3 Å². The molecule has 0 atom stereocenters. The van der Waals surface area contributed by atoms with Gasteiger partial charge in [0.2, 0.25) is 5.91 Å². The lowest BCUT2D eigenvalue weighted by Crippen LogP contribution is -2.23. The van der Waals surface area contributed by atoms with Gasteiger partial charge in [0.15, 0.2) is 5.34 Å². The fraction of sp³-hybridized carbons (Fsp3) is 0.895. The average Bonchev–Trinajstić information content (AvgIpc) is 2.59. The van der Waals surface area contributed by atoms with Gasteiger partial charge < -0.3 is 5.32 Å². The maximum Gasteiger partial charge on any atom is 0.338 e. The second-order valence-corrected chi connectivity index (χ2v) is 6.63. The molecule has 0 fully saturated rings. The molecular weight excluding hydrogens is 320 g/mol. The Labute approximate surface area is 152 Å². The van der Waals surface area contributed by atoms with Crippen LogP contribution in [0.25, 0.3) is 0 Å². The quantitative estimate of drug-likeness (QED) is 0.208. The minimum atomic E-state index is -0.579. The smallest absolute Gasteiger partial charge is 0.338 e. The van der Waals surface area contributed by atoms with Gasteiger partial charge in [-0.1, -0.05) is 71.1 Å². The van der Waals surface area contributed by atoms with E-state index < -0.39 is 5.97 Å². The summed E-state index contributed by atoms with van der Waals surface area (Å²) in [7, 11) is 0. The summed E-state index contributed by atoms with van der Waals surface area (Å²) in [5.41, 5.74) is 0. The molecule has 1 N–H and O–H groups in total. The Morgan fingerprint density at radius 3 is 1.88 bits per heavy atom. The van der Waals surface area contributed by atoms with E-state index in [4.69, 9.17) is 0 Å². The molecule has 0 rings (SSSR count). The van der Waals surface area contributed by atoms with Crippen LogP contribution in [0.1, 0.15) is 103 Å². The first-order chi connectivity index (χ1) is 12.2. The number of carbonyl (C=O) groups is 2. The van der Waals surface area contributed by atoms with Crippen LogP contribution in [-0.2, 0) is 14.4 Å². The molecule has 6 nitrogen and oxygen atoms in total. The van der Waals surface area contributed by atoms with Gasteiger partial charge in [0.25, 0.3) is 0 Å². The van der Waals surface area contributed by atoms with Crippen LogP contribution in [0.4, 0.5) is 0 Å². The lowest BCUT2D eigenvalue weighted by atomic mass is 10.1. The van der Waals surface area contributed by atoms with Gasteiger partial charge in [0.05, 0.1) is 0 Å². The Hall–Kier alpha value is -1.46. The number of nitrogens with zero attached hydrogens (tertiary/aromatic N) is 1. The molecule has 0 aromatic carbocycles. The molecular formula is C19H36N2O4. The van der Waals surface area contributed by atoms with Crippen molar-refractivity contribution < 1.29 is 14.4 Å². The molecule has 0 spiro atoms. The second kappa shape index (κ2) is 18.9. The van der Waals surface area contributed by atoms with Gasteiger partial charge in [-0.25, -0.2) is 4.79 Å². The van der Waals surface area contributed by atoms with Gasteiger partial charge in [0.1, 0.15) is 0 Å². The van der Waals surface area contributed by atoms with E-state index in [9.17, 15) is 14.5 Å². The SMILES string of the molecule is CCCCCCCCCCCC(=O)NCCCCCCC(=O)ON=O. The largest absolute Gasteiger partial charge is 0.356 e. The molecule has 0 heterocycles. The van der Waals surface area contributed by atoms with Gasteiger partial charge in [-0.3, -0.25) is 9.63 Å². The van der Waals surface area contributed by atoms with Crippen LogP contribution in [0.5, 0.6) is 0 Å². The number of nitrogens with one attached hydrogen (secondary N) is 1. The standard InChI is InChI=1S/C19H36N2O4/c1-2-3-4-5-6-7-8-9-12-15-18(22)20-17-14-11-10-13-16-19(23)25-21-24/h2-17H2,1H3,(H,20,22). The minimum absolute atomic E-state index is 0.142. The number of hydrogen-bond donors (Lipinski definition) is 1. The normalized spacial score (nSPS) is 10.4. The summed E-state index contributed by atoms with van der Waals surface area (Å²) in [6.45, 7) is 2.93. The van der Waals surface area contributed by atoms with Crippen LogP contribution >= 0.6 is 0 Å². The van der Waals surface area contributed by atoms with Gasteiger partial charge in [-0.2, -0.15) is 0 Å². The highest BCUT2D eigenvalue weighted by Crippen LogP contribution is 2.10. The van der Waals surface area contributed by atoms with E-state index in [-0.39, 0.29) is 12.3 Å². The Morgan fingerprint density at radius 1 is 0.760 bits per heavy atom. The fourth-order valence-corrected chi connectivity index (χ4v) is 2.75. The summed E-state index contributed by atoms with van der Waals surface area (Å²) in [4.78, 5) is 36.2. The molecule has 0 aromatic rings. The van der Waals surface area contributed by atoms with Crippen LogP contribution in [0.2, 0.25) is 0 Å². The van der Waals surface area contributed by atoms with E-state index in [1.807, 2.05) is 0 Å². The molecule has 0 aliphatic rings. The molecule has 25 heavy (non-hydrogen) atoms. The van der Waals surface area contributed by atoms with Crippen molar-refractivity contribution in [3.8, 4) is 0 Å². The molecule has 0 aliphatic carbocycles. The number of rotatable bonds is 18. The lowest BCUT2D eigenvalue weighted by molar-refractivity contribution is -0.144. The highest BCUT2D eigenvalue weighted by molar-refractivity contribution is 5.75. The molecule has 6 heteroatoms. The third-order valence-corrected chi connectivity index (χ3v) is 4.28. The number of amides is 1. The summed E-state index contributed by atoms with van der Waals surface area (Å²) >= 11 is 0. The molecule has 0 unspecified atom stereocenters. The monoisotopic (exact) mass is 356 g/mol. The third-order valence-electron chi connectivity index (χ3n) is 4.28. The van der Waals surface area contributed by atoms with E-state index in [2.05, 4.69) is 22.4 Å². The maximum absolute atomic E-state index is 11.7. The van der Waals surface area contributed by atoms with Gasteiger partial charge >= 0.3 is 5.97 Å². The van der Waals surface area contributed by atoms with E-state index >= 15 is 0 Å². The molecule has 0 saturated carbocycles. The van der Waals surface area contributed by atoms with Crippen molar-refractivity contribution in [1.82, 2.24) is 5.32 Å². The number of hydrogen-bond acceptors (Lipinski definition) is 5. The van der Waals surface area contributed by atoms with Crippen molar-refractivity contribution in [2.75, 3.05) is 6.54 Å². The Kier molecular flexibility index (Phi) is 17.8. The molecule has 0 saturated heterocycles. The van der Waals surface area contributed by atoms with Crippen molar-refractivity contribution in [3.05, 3.63) is 4.91 Å². The Bertz CT molecular complexity index is 348. The zero-order chi connectivity index (χ0) is 18.6. The van der Waals surface area contributed by atoms with E-state index in [0.717, 1.165) is 32.1 Å². The zero-order valence-electron chi connectivity index (χ0n) is 15.9. The first-order valence-corrected chi connectivity index (χ1v) is 10.00. The predicted octanol–water partition coefficient (Wildman–Crippen LogP) is 5.20. The van der Waals surface area contributed by atoms with Crippen molar-refractivity contribution in [1.29, 1.82) is 0 Å². The van der Waals surface area contributed by atoms with Gasteiger partial charge in [-0.15, -0.1) is 4.91 Å². The summed E-state index contributed by atoms with van der Waals surface area (Å²) in [5.74, 6) is -0.437. The fourth-order valence-electron chi connectivity index (χ4n) is 2.75. The summed E-state index contributed by atoms with van der Waals surface area (Å²) in [6.07, 6.45) is 15.6. The summed E-state index contributed by atoms with van der Waals surface area (Å²) in [5, 5.41) is 5.03.